The first kappa shape index (κ1) is 8.87. The Labute approximate surface area is 80.7 Å². The average Bonchev–Trinajstić information content (AvgIpc) is 2.05. The maximum Gasteiger partial charge on any atom is 0.0421 e. The van der Waals surface area contributed by atoms with Crippen LogP contribution in [0.4, 0.5) is 0 Å². The van der Waals surface area contributed by atoms with Crippen LogP contribution in [0.5, 0.6) is 0 Å². The van der Waals surface area contributed by atoms with Gasteiger partial charge in [-0.05, 0) is 50.9 Å². The molecule has 3 fully saturated rings. The van der Waals surface area contributed by atoms with Gasteiger partial charge in [0.05, 0.1) is 0 Å². The molecule has 70 valence electrons. The third kappa shape index (κ3) is 1.51. The highest BCUT2D eigenvalue weighted by atomic mass is 35.5. The van der Waals surface area contributed by atoms with E-state index in [0.29, 0.717) is 0 Å². The Hall–Kier alpha value is 0.290. The lowest BCUT2D eigenvalue weighted by molar-refractivity contribution is 0.0771. The first-order valence-electron chi connectivity index (χ1n) is 5.26. The Morgan fingerprint density at radius 3 is 1.92 bits per heavy atom. The summed E-state index contributed by atoms with van der Waals surface area (Å²) >= 11 is 6.41. The molecule has 0 aromatic rings. The zero-order chi connectivity index (χ0) is 8.77. The molecule has 3 aliphatic rings. The summed E-state index contributed by atoms with van der Waals surface area (Å²) in [6.45, 7) is 4.39. The van der Waals surface area contributed by atoms with Crippen LogP contribution in [0, 0.1) is 17.8 Å². The minimum Gasteiger partial charge on any atom is -0.120 e. The second-order valence-corrected chi connectivity index (χ2v) is 6.16. The molecule has 1 unspecified atom stereocenters. The molecular weight excluding hydrogens is 168 g/mol. The van der Waals surface area contributed by atoms with E-state index in [2.05, 4.69) is 13.8 Å². The summed E-state index contributed by atoms with van der Waals surface area (Å²) < 4.78 is 0. The fraction of sp³-hybridized carbons (Fsp3) is 1.00. The Kier molecular flexibility index (Phi) is 2.15. The fourth-order valence-corrected chi connectivity index (χ4v) is 3.49. The summed E-state index contributed by atoms with van der Waals surface area (Å²) in [6, 6.07) is 0. The van der Waals surface area contributed by atoms with Crippen LogP contribution in [0.1, 0.15) is 46.0 Å². The normalized spacial score (nSPS) is 41.8. The average molecular weight is 187 g/mol. The highest BCUT2D eigenvalue weighted by molar-refractivity contribution is 6.23. The molecule has 2 bridgehead atoms. The molecule has 3 rings (SSSR count). The highest BCUT2D eigenvalue weighted by Crippen LogP contribution is 2.50. The molecule has 0 N–H and O–H groups in total. The molecule has 0 aromatic carbocycles. The van der Waals surface area contributed by atoms with E-state index in [9.17, 15) is 0 Å². The minimum atomic E-state index is 0.0454. The fourth-order valence-electron chi connectivity index (χ4n) is 3.22. The number of halogens is 1. The topological polar surface area (TPSA) is 0 Å². The summed E-state index contributed by atoms with van der Waals surface area (Å²) in [5.41, 5.74) is 0. The van der Waals surface area contributed by atoms with Crippen molar-refractivity contribution in [2.24, 2.45) is 17.8 Å². The van der Waals surface area contributed by atoms with Crippen LogP contribution in [0.3, 0.4) is 0 Å². The summed E-state index contributed by atoms with van der Waals surface area (Å²) in [7, 11) is 0. The van der Waals surface area contributed by atoms with Crippen LogP contribution in [-0.4, -0.2) is 4.87 Å². The van der Waals surface area contributed by atoms with Gasteiger partial charge in [-0.25, -0.2) is 0 Å². The molecule has 12 heavy (non-hydrogen) atoms. The second kappa shape index (κ2) is 2.90. The maximum absolute atomic E-state index is 6.41. The summed E-state index contributed by atoms with van der Waals surface area (Å²) in [4.78, 5) is 0.0454. The van der Waals surface area contributed by atoms with Crippen LogP contribution in [0.2, 0.25) is 0 Å². The minimum absolute atomic E-state index is 0.0454. The number of fused-ring (bicyclic) bond motifs is 3. The molecule has 0 nitrogen and oxygen atoms in total. The zero-order valence-electron chi connectivity index (χ0n) is 8.15. The maximum atomic E-state index is 6.41. The van der Waals surface area contributed by atoms with E-state index in [1.165, 1.54) is 32.1 Å². The van der Waals surface area contributed by atoms with E-state index >= 15 is 0 Å². The lowest BCUT2D eigenvalue weighted by Gasteiger charge is -2.47. The molecule has 0 radical (unpaired) electrons. The van der Waals surface area contributed by atoms with Crippen LogP contribution in [0.25, 0.3) is 0 Å². The second-order valence-electron chi connectivity index (χ2n) is 5.19. The first-order valence-corrected chi connectivity index (χ1v) is 5.64. The molecule has 3 aliphatic carbocycles. The first-order chi connectivity index (χ1) is 5.57. The summed E-state index contributed by atoms with van der Waals surface area (Å²) in [5, 5.41) is 0. The van der Waals surface area contributed by atoms with Crippen LogP contribution in [-0.2, 0) is 0 Å². The largest absolute Gasteiger partial charge is 0.120 e. The van der Waals surface area contributed by atoms with Crippen molar-refractivity contribution in [3.63, 3.8) is 0 Å². The van der Waals surface area contributed by atoms with Gasteiger partial charge in [0.2, 0.25) is 0 Å². The molecule has 0 amide bonds. The third-order valence-corrected chi connectivity index (χ3v) is 4.21. The predicted octanol–water partition coefficient (Wildman–Crippen LogP) is 3.83. The van der Waals surface area contributed by atoms with E-state index < -0.39 is 0 Å². The van der Waals surface area contributed by atoms with E-state index in [1.54, 1.807) is 0 Å². The predicted molar refractivity (Wildman–Crippen MR) is 53.5 cm³/mol. The van der Waals surface area contributed by atoms with Gasteiger partial charge < -0.3 is 0 Å². The van der Waals surface area contributed by atoms with E-state index in [4.69, 9.17) is 11.6 Å². The van der Waals surface area contributed by atoms with Gasteiger partial charge in [-0.1, -0.05) is 12.8 Å². The number of rotatable bonds is 1. The summed E-state index contributed by atoms with van der Waals surface area (Å²) in [5.74, 6) is 2.76. The number of hydrogen-bond acceptors (Lipinski definition) is 0. The molecule has 0 saturated heterocycles. The molecular formula is C11H19Cl. The zero-order valence-corrected chi connectivity index (χ0v) is 8.90. The van der Waals surface area contributed by atoms with Crippen molar-refractivity contribution in [1.82, 2.24) is 0 Å². The molecule has 1 atom stereocenters. The molecule has 0 spiro atoms. The Bertz CT molecular complexity index is 160. The Morgan fingerprint density at radius 1 is 1.08 bits per heavy atom. The number of hydrogen-bond donors (Lipinski definition) is 0. The smallest absolute Gasteiger partial charge is 0.0421 e. The van der Waals surface area contributed by atoms with Crippen molar-refractivity contribution >= 4 is 11.6 Å². The van der Waals surface area contributed by atoms with Crippen molar-refractivity contribution in [3.05, 3.63) is 0 Å². The van der Waals surface area contributed by atoms with Crippen LogP contribution < -0.4 is 0 Å². The van der Waals surface area contributed by atoms with Crippen LogP contribution in [0.15, 0.2) is 0 Å². The lowest BCUT2D eigenvalue weighted by Crippen LogP contribution is -2.40. The van der Waals surface area contributed by atoms with Gasteiger partial charge in [-0.3, -0.25) is 0 Å². The van der Waals surface area contributed by atoms with Gasteiger partial charge in [0, 0.05) is 4.87 Å². The van der Waals surface area contributed by atoms with Gasteiger partial charge in [0.15, 0.2) is 0 Å². The van der Waals surface area contributed by atoms with Crippen molar-refractivity contribution in [3.8, 4) is 0 Å². The third-order valence-electron chi connectivity index (χ3n) is 3.93. The quantitative estimate of drug-likeness (QED) is 0.546. The van der Waals surface area contributed by atoms with Gasteiger partial charge in [-0.15, -0.1) is 11.6 Å². The monoisotopic (exact) mass is 186 g/mol. The van der Waals surface area contributed by atoms with Crippen molar-refractivity contribution < 1.29 is 0 Å². The van der Waals surface area contributed by atoms with E-state index in [0.717, 1.165) is 17.8 Å². The van der Waals surface area contributed by atoms with Crippen molar-refractivity contribution in [2.45, 2.75) is 50.8 Å². The highest BCUT2D eigenvalue weighted by Gasteiger charge is 2.42. The molecule has 1 heteroatoms. The Morgan fingerprint density at radius 2 is 1.67 bits per heavy atom. The Balaban J connectivity index is 2.09. The van der Waals surface area contributed by atoms with Gasteiger partial charge >= 0.3 is 0 Å². The van der Waals surface area contributed by atoms with E-state index in [1.807, 2.05) is 0 Å². The van der Waals surface area contributed by atoms with Gasteiger partial charge in [-0.2, -0.15) is 0 Å². The molecule has 3 saturated carbocycles. The van der Waals surface area contributed by atoms with Crippen molar-refractivity contribution in [2.75, 3.05) is 0 Å². The lowest BCUT2D eigenvalue weighted by atomic mass is 9.61. The molecule has 0 aliphatic heterocycles. The summed E-state index contributed by atoms with van der Waals surface area (Å²) in [6.07, 6.45) is 7.26. The van der Waals surface area contributed by atoms with Gasteiger partial charge in [0.25, 0.3) is 0 Å². The molecule has 0 heterocycles. The standard InChI is InChI=1S/C11H19Cl/c1-11(2,12)10-7-8-3-5-9(10)6-4-8/h8-10H,3-7H2,1-2H3. The van der Waals surface area contributed by atoms with E-state index in [-0.39, 0.29) is 4.87 Å². The van der Waals surface area contributed by atoms with Gasteiger partial charge in [0.1, 0.15) is 0 Å². The number of alkyl halides is 1. The molecule has 0 aromatic heterocycles. The van der Waals surface area contributed by atoms with Crippen LogP contribution >= 0.6 is 11.6 Å². The SMILES string of the molecule is CC(C)(Cl)C1CC2CCC1CC2. The van der Waals surface area contributed by atoms with Crippen molar-refractivity contribution in [1.29, 1.82) is 0 Å².